The quantitative estimate of drug-likeness (QED) is 0.609. The number of furan rings is 1. The van der Waals surface area contributed by atoms with Crippen molar-refractivity contribution in [2.75, 3.05) is 6.61 Å². The summed E-state index contributed by atoms with van der Waals surface area (Å²) in [5.74, 6) is -0.267. The number of hydrazone groups is 1. The molecule has 2 aromatic heterocycles. The summed E-state index contributed by atoms with van der Waals surface area (Å²) in [6, 6.07) is 14.6. The highest BCUT2D eigenvalue weighted by molar-refractivity contribution is 7.11. The molecule has 0 fully saturated rings. The van der Waals surface area contributed by atoms with Gasteiger partial charge in [-0.25, -0.2) is 9.80 Å². The van der Waals surface area contributed by atoms with Crippen molar-refractivity contribution in [3.05, 3.63) is 81.9 Å². The van der Waals surface area contributed by atoms with Crippen molar-refractivity contribution in [3.8, 4) is 0 Å². The summed E-state index contributed by atoms with van der Waals surface area (Å²) in [7, 11) is 0. The Morgan fingerprint density at radius 3 is 2.71 bits per heavy atom. The molecule has 3 aromatic rings. The number of carbonyl (C=O) groups is 2. The standard InChI is InChI=1S/C21H18N2O4S/c1-14-6-8-15(9-7-14)16-12-17(18-4-2-10-26-18)23(22-16)20(24)13-27-21(25)19-5-3-11-28-19/h2-11,17H,12-13H2,1H3/t17-/m0/s1. The van der Waals surface area contributed by atoms with Crippen LogP contribution in [0.15, 0.2) is 69.7 Å². The fourth-order valence-electron chi connectivity index (χ4n) is 3.02. The van der Waals surface area contributed by atoms with Crippen LogP contribution < -0.4 is 0 Å². The predicted molar refractivity (Wildman–Crippen MR) is 105 cm³/mol. The zero-order valence-corrected chi connectivity index (χ0v) is 16.0. The van der Waals surface area contributed by atoms with Crippen LogP contribution in [-0.2, 0) is 9.53 Å². The Labute approximate surface area is 166 Å². The minimum Gasteiger partial charge on any atom is -0.467 e. The first-order valence-corrected chi connectivity index (χ1v) is 9.70. The molecule has 0 bridgehead atoms. The summed E-state index contributed by atoms with van der Waals surface area (Å²) in [6.45, 7) is 1.64. The van der Waals surface area contributed by atoms with Crippen LogP contribution in [0.4, 0.5) is 0 Å². The van der Waals surface area contributed by atoms with Crippen LogP contribution >= 0.6 is 11.3 Å². The van der Waals surface area contributed by atoms with Crippen LogP contribution in [0.2, 0.25) is 0 Å². The van der Waals surface area contributed by atoms with Gasteiger partial charge in [-0.1, -0.05) is 35.9 Å². The highest BCUT2D eigenvalue weighted by Gasteiger charge is 2.35. The molecule has 0 radical (unpaired) electrons. The third kappa shape index (κ3) is 3.75. The van der Waals surface area contributed by atoms with Gasteiger partial charge in [0.25, 0.3) is 5.91 Å². The summed E-state index contributed by atoms with van der Waals surface area (Å²) < 4.78 is 10.7. The average molecular weight is 394 g/mol. The number of carbonyl (C=O) groups excluding carboxylic acids is 2. The van der Waals surface area contributed by atoms with Gasteiger partial charge in [-0.3, -0.25) is 4.79 Å². The SMILES string of the molecule is Cc1ccc(C2=NN(C(=O)COC(=O)c3cccs3)[C@H](c3ccco3)C2)cc1. The zero-order valence-electron chi connectivity index (χ0n) is 15.2. The number of ether oxygens (including phenoxy) is 1. The van der Waals surface area contributed by atoms with Crippen LogP contribution in [0, 0.1) is 6.92 Å². The van der Waals surface area contributed by atoms with Crippen LogP contribution in [0.5, 0.6) is 0 Å². The maximum Gasteiger partial charge on any atom is 0.348 e. The van der Waals surface area contributed by atoms with Gasteiger partial charge in [0.2, 0.25) is 0 Å². The number of benzene rings is 1. The lowest BCUT2D eigenvalue weighted by Crippen LogP contribution is -2.31. The van der Waals surface area contributed by atoms with Gasteiger partial charge in [0.1, 0.15) is 16.7 Å². The van der Waals surface area contributed by atoms with E-state index in [0.717, 1.165) is 16.8 Å². The van der Waals surface area contributed by atoms with Crippen LogP contribution in [0.1, 0.15) is 39.0 Å². The molecule has 28 heavy (non-hydrogen) atoms. The van der Waals surface area contributed by atoms with Crippen molar-refractivity contribution in [2.45, 2.75) is 19.4 Å². The van der Waals surface area contributed by atoms with Gasteiger partial charge in [0, 0.05) is 6.42 Å². The fraction of sp³-hybridized carbons (Fsp3) is 0.190. The molecule has 1 atom stereocenters. The molecule has 0 saturated heterocycles. The van der Waals surface area contributed by atoms with E-state index in [2.05, 4.69) is 5.10 Å². The molecule has 0 saturated carbocycles. The number of amides is 1. The van der Waals surface area contributed by atoms with E-state index in [9.17, 15) is 9.59 Å². The Hall–Kier alpha value is -3.19. The Bertz CT molecular complexity index is 992. The van der Waals surface area contributed by atoms with Crippen molar-refractivity contribution in [1.82, 2.24) is 5.01 Å². The number of rotatable bonds is 5. The largest absolute Gasteiger partial charge is 0.467 e. The monoisotopic (exact) mass is 394 g/mol. The molecule has 7 heteroatoms. The third-order valence-corrected chi connectivity index (χ3v) is 5.32. The van der Waals surface area contributed by atoms with E-state index in [4.69, 9.17) is 9.15 Å². The number of hydrogen-bond acceptors (Lipinski definition) is 6. The molecule has 0 spiro atoms. The Morgan fingerprint density at radius 2 is 2.04 bits per heavy atom. The Balaban J connectivity index is 1.53. The molecular weight excluding hydrogens is 376 g/mol. The van der Waals surface area contributed by atoms with Crippen molar-refractivity contribution >= 4 is 28.9 Å². The minimum absolute atomic E-state index is 0.362. The van der Waals surface area contributed by atoms with Crippen molar-refractivity contribution in [1.29, 1.82) is 0 Å². The molecule has 1 aromatic carbocycles. The summed E-state index contributed by atoms with van der Waals surface area (Å²) in [5.41, 5.74) is 2.89. The van der Waals surface area contributed by atoms with Crippen LogP contribution in [-0.4, -0.2) is 29.2 Å². The van der Waals surface area contributed by atoms with Crippen LogP contribution in [0.3, 0.4) is 0 Å². The zero-order chi connectivity index (χ0) is 19.5. The highest BCUT2D eigenvalue weighted by Crippen LogP contribution is 2.33. The Kier molecular flexibility index (Phi) is 5.08. The van der Waals surface area contributed by atoms with Crippen molar-refractivity contribution < 1.29 is 18.7 Å². The van der Waals surface area contributed by atoms with Gasteiger partial charge in [-0.05, 0) is 36.1 Å². The molecule has 142 valence electrons. The molecule has 0 N–H and O–H groups in total. The van der Waals surface area contributed by atoms with E-state index < -0.39 is 11.9 Å². The van der Waals surface area contributed by atoms with Gasteiger partial charge in [0.15, 0.2) is 6.61 Å². The van der Waals surface area contributed by atoms with Gasteiger partial charge in [0.05, 0.1) is 12.0 Å². The first-order valence-electron chi connectivity index (χ1n) is 8.82. The minimum atomic E-state index is -0.514. The van der Waals surface area contributed by atoms with Gasteiger partial charge >= 0.3 is 5.97 Å². The summed E-state index contributed by atoms with van der Waals surface area (Å²) >= 11 is 1.27. The molecular formula is C21H18N2O4S. The van der Waals surface area contributed by atoms with E-state index in [-0.39, 0.29) is 12.6 Å². The van der Waals surface area contributed by atoms with Crippen molar-refractivity contribution in [2.24, 2.45) is 5.10 Å². The topological polar surface area (TPSA) is 72.1 Å². The molecule has 1 amide bonds. The van der Waals surface area contributed by atoms with E-state index in [1.54, 1.807) is 29.8 Å². The second kappa shape index (κ2) is 7.82. The van der Waals surface area contributed by atoms with E-state index in [0.29, 0.717) is 17.1 Å². The van der Waals surface area contributed by atoms with Gasteiger partial charge in [-0.15, -0.1) is 11.3 Å². The average Bonchev–Trinajstić information content (AvgIpc) is 3.47. The second-order valence-electron chi connectivity index (χ2n) is 6.44. The molecule has 1 aliphatic rings. The molecule has 0 unspecified atom stereocenters. The molecule has 3 heterocycles. The maximum absolute atomic E-state index is 12.8. The molecule has 0 aliphatic carbocycles. The molecule has 6 nitrogen and oxygen atoms in total. The first-order chi connectivity index (χ1) is 13.6. The lowest BCUT2D eigenvalue weighted by Gasteiger charge is -2.19. The number of nitrogens with zero attached hydrogens (tertiary/aromatic N) is 2. The van der Waals surface area contributed by atoms with Gasteiger partial charge in [-0.2, -0.15) is 5.10 Å². The summed E-state index contributed by atoms with van der Waals surface area (Å²) in [5, 5.41) is 7.66. The number of aryl methyl sites for hydroxylation is 1. The van der Waals surface area contributed by atoms with Crippen molar-refractivity contribution in [3.63, 3.8) is 0 Å². The Morgan fingerprint density at radius 1 is 1.21 bits per heavy atom. The second-order valence-corrected chi connectivity index (χ2v) is 7.39. The number of thiophene rings is 1. The van der Waals surface area contributed by atoms with E-state index >= 15 is 0 Å². The lowest BCUT2D eigenvalue weighted by atomic mass is 10.0. The van der Waals surface area contributed by atoms with Crippen LogP contribution in [0.25, 0.3) is 0 Å². The predicted octanol–water partition coefficient (Wildman–Crippen LogP) is 4.18. The van der Waals surface area contributed by atoms with E-state index in [1.807, 2.05) is 37.3 Å². The smallest absolute Gasteiger partial charge is 0.348 e. The summed E-state index contributed by atoms with van der Waals surface area (Å²) in [6.07, 6.45) is 2.10. The van der Waals surface area contributed by atoms with E-state index in [1.165, 1.54) is 16.3 Å². The number of hydrogen-bond donors (Lipinski definition) is 0. The molecule has 4 rings (SSSR count). The normalized spacial score (nSPS) is 16.1. The first kappa shape index (κ1) is 18.2. The third-order valence-electron chi connectivity index (χ3n) is 4.47. The summed E-state index contributed by atoms with van der Waals surface area (Å²) in [4.78, 5) is 25.2. The fourth-order valence-corrected chi connectivity index (χ4v) is 3.64. The van der Waals surface area contributed by atoms with Gasteiger partial charge < -0.3 is 9.15 Å². The maximum atomic E-state index is 12.8. The highest BCUT2D eigenvalue weighted by atomic mass is 32.1. The number of esters is 1. The lowest BCUT2D eigenvalue weighted by molar-refractivity contribution is -0.136. The molecule has 1 aliphatic heterocycles.